The molecule has 1 fully saturated rings. The molecule has 1 N–H and O–H groups in total. The first kappa shape index (κ1) is 14.6. The summed E-state index contributed by atoms with van der Waals surface area (Å²) in [6, 6.07) is 2.82. The van der Waals surface area contributed by atoms with Gasteiger partial charge >= 0.3 is 0 Å². The van der Waals surface area contributed by atoms with Crippen molar-refractivity contribution >= 4 is 0 Å². The minimum Gasteiger partial charge on any atom is -0.311 e. The summed E-state index contributed by atoms with van der Waals surface area (Å²) in [5.41, 5.74) is 1.18. The van der Waals surface area contributed by atoms with Gasteiger partial charge in [-0.05, 0) is 37.3 Å². The van der Waals surface area contributed by atoms with Crippen LogP contribution in [0, 0.1) is 11.8 Å². The first-order valence-electron chi connectivity index (χ1n) is 7.91. The van der Waals surface area contributed by atoms with Crippen LogP contribution >= 0.6 is 0 Å². The molecule has 0 bridgehead atoms. The molecule has 3 heteroatoms. The van der Waals surface area contributed by atoms with Gasteiger partial charge in [0.05, 0.1) is 11.7 Å². The minimum absolute atomic E-state index is 0.650. The Kier molecular flexibility index (Phi) is 5.44. The van der Waals surface area contributed by atoms with Crippen LogP contribution in [0.15, 0.2) is 12.3 Å². The predicted molar refractivity (Wildman–Crippen MR) is 80.1 cm³/mol. The lowest BCUT2D eigenvalue weighted by Crippen LogP contribution is -2.24. The summed E-state index contributed by atoms with van der Waals surface area (Å²) in [6.45, 7) is 8.84. The van der Waals surface area contributed by atoms with Gasteiger partial charge in [0.1, 0.15) is 0 Å². The maximum Gasteiger partial charge on any atom is 0.0762 e. The monoisotopic (exact) mass is 263 g/mol. The van der Waals surface area contributed by atoms with E-state index in [-0.39, 0.29) is 0 Å². The summed E-state index contributed by atoms with van der Waals surface area (Å²) < 4.78 is 2.20. The van der Waals surface area contributed by atoms with Crippen molar-refractivity contribution in [1.29, 1.82) is 0 Å². The molecule has 2 rings (SSSR count). The molecule has 1 aromatic heterocycles. The maximum absolute atomic E-state index is 4.73. The van der Waals surface area contributed by atoms with Crippen LogP contribution in [0.5, 0.6) is 0 Å². The highest BCUT2D eigenvalue weighted by molar-refractivity contribution is 4.99. The number of hydrogen-bond donors (Lipinski definition) is 1. The first-order valence-corrected chi connectivity index (χ1v) is 7.91. The lowest BCUT2D eigenvalue weighted by molar-refractivity contribution is 0.327. The fourth-order valence-corrected chi connectivity index (χ4v) is 2.68. The van der Waals surface area contributed by atoms with Crippen LogP contribution in [0.2, 0.25) is 0 Å². The zero-order valence-electron chi connectivity index (χ0n) is 12.7. The van der Waals surface area contributed by atoms with Gasteiger partial charge in [-0.1, -0.05) is 40.0 Å². The van der Waals surface area contributed by atoms with E-state index in [1.165, 1.54) is 37.8 Å². The highest BCUT2D eigenvalue weighted by Gasteiger charge is 2.15. The molecule has 0 saturated heterocycles. The first-order chi connectivity index (χ1) is 9.16. The second-order valence-corrected chi connectivity index (χ2v) is 6.43. The molecule has 1 aliphatic carbocycles. The van der Waals surface area contributed by atoms with Crippen molar-refractivity contribution in [3.8, 4) is 0 Å². The fourth-order valence-electron chi connectivity index (χ4n) is 2.68. The van der Waals surface area contributed by atoms with Crippen molar-refractivity contribution in [2.24, 2.45) is 11.8 Å². The smallest absolute Gasteiger partial charge is 0.0762 e. The highest BCUT2D eigenvalue weighted by Crippen LogP contribution is 2.27. The van der Waals surface area contributed by atoms with E-state index in [1.807, 2.05) is 0 Å². The van der Waals surface area contributed by atoms with Gasteiger partial charge < -0.3 is 5.32 Å². The topological polar surface area (TPSA) is 29.9 Å². The van der Waals surface area contributed by atoms with Crippen molar-refractivity contribution in [1.82, 2.24) is 15.1 Å². The summed E-state index contributed by atoms with van der Waals surface area (Å²) in [7, 11) is 0. The number of aromatic nitrogens is 2. The van der Waals surface area contributed by atoms with Crippen molar-refractivity contribution in [3.63, 3.8) is 0 Å². The number of nitrogens with one attached hydrogen (secondary N) is 1. The molecular formula is C16H29N3. The third-order valence-electron chi connectivity index (χ3n) is 4.52. The molecular weight excluding hydrogens is 234 g/mol. The third kappa shape index (κ3) is 4.34. The lowest BCUT2D eigenvalue weighted by Gasteiger charge is -2.21. The molecule has 0 aromatic carbocycles. The Balaban J connectivity index is 1.77. The Hall–Kier alpha value is -0.830. The molecule has 1 aliphatic rings. The molecule has 1 saturated carbocycles. The number of rotatable bonds is 6. The predicted octanol–water partition coefficient (Wildman–Crippen LogP) is 3.77. The van der Waals surface area contributed by atoms with Crippen LogP contribution < -0.4 is 5.32 Å². The fraction of sp³-hybridized carbons (Fsp3) is 0.812. The van der Waals surface area contributed by atoms with Gasteiger partial charge in [0, 0.05) is 12.7 Å². The van der Waals surface area contributed by atoms with E-state index in [4.69, 9.17) is 5.10 Å². The molecule has 3 nitrogen and oxygen atoms in total. The van der Waals surface area contributed by atoms with E-state index in [1.54, 1.807) is 0 Å². The molecule has 0 radical (unpaired) electrons. The zero-order valence-corrected chi connectivity index (χ0v) is 12.7. The van der Waals surface area contributed by atoms with Gasteiger partial charge in [0.2, 0.25) is 0 Å². The van der Waals surface area contributed by atoms with Crippen molar-refractivity contribution in [3.05, 3.63) is 18.0 Å². The Morgan fingerprint density at radius 2 is 2.00 bits per heavy atom. The van der Waals surface area contributed by atoms with Crippen LogP contribution in [-0.4, -0.2) is 16.3 Å². The van der Waals surface area contributed by atoms with Crippen molar-refractivity contribution in [2.75, 3.05) is 6.54 Å². The Bertz CT molecular complexity index is 364. The van der Waals surface area contributed by atoms with Gasteiger partial charge in [0.25, 0.3) is 0 Å². The lowest BCUT2D eigenvalue weighted by atomic mass is 9.96. The number of nitrogens with zero attached hydrogens (tertiary/aromatic N) is 2. The van der Waals surface area contributed by atoms with Gasteiger partial charge in [-0.25, -0.2) is 0 Å². The van der Waals surface area contributed by atoms with E-state index in [9.17, 15) is 0 Å². The van der Waals surface area contributed by atoms with E-state index in [2.05, 4.69) is 43.0 Å². The van der Waals surface area contributed by atoms with Crippen LogP contribution in [0.3, 0.4) is 0 Å². The Labute approximate surface area is 117 Å². The SMILES string of the molecule is CC(C)C(C)CNCc1ccn(C2CCCCC2)n1. The molecule has 1 atom stereocenters. The summed E-state index contributed by atoms with van der Waals surface area (Å²) >= 11 is 0. The molecule has 1 aromatic rings. The molecule has 1 unspecified atom stereocenters. The van der Waals surface area contributed by atoms with Gasteiger partial charge in [-0.15, -0.1) is 0 Å². The molecule has 19 heavy (non-hydrogen) atoms. The third-order valence-corrected chi connectivity index (χ3v) is 4.52. The second-order valence-electron chi connectivity index (χ2n) is 6.43. The second kappa shape index (κ2) is 7.09. The normalized spacial score (nSPS) is 18.9. The largest absolute Gasteiger partial charge is 0.311 e. The summed E-state index contributed by atoms with van der Waals surface area (Å²) in [5.74, 6) is 1.47. The summed E-state index contributed by atoms with van der Waals surface area (Å²) in [6.07, 6.45) is 8.91. The van der Waals surface area contributed by atoms with Gasteiger partial charge in [-0.3, -0.25) is 4.68 Å². The standard InChI is InChI=1S/C16H29N3/c1-13(2)14(3)11-17-12-15-9-10-19(18-15)16-7-5-4-6-8-16/h9-10,13-14,16-17H,4-8,11-12H2,1-3H3. The molecule has 108 valence electrons. The minimum atomic E-state index is 0.650. The molecule has 0 spiro atoms. The number of hydrogen-bond acceptors (Lipinski definition) is 2. The van der Waals surface area contributed by atoms with Crippen LogP contribution in [0.25, 0.3) is 0 Å². The van der Waals surface area contributed by atoms with Crippen molar-refractivity contribution < 1.29 is 0 Å². The summed E-state index contributed by atoms with van der Waals surface area (Å²) in [5, 5.41) is 8.25. The van der Waals surface area contributed by atoms with Crippen LogP contribution in [-0.2, 0) is 6.54 Å². The molecule has 1 heterocycles. The Morgan fingerprint density at radius 3 is 2.68 bits per heavy atom. The average molecular weight is 263 g/mol. The Morgan fingerprint density at radius 1 is 1.26 bits per heavy atom. The van der Waals surface area contributed by atoms with E-state index >= 15 is 0 Å². The maximum atomic E-state index is 4.73. The van der Waals surface area contributed by atoms with Gasteiger partial charge in [0.15, 0.2) is 0 Å². The van der Waals surface area contributed by atoms with E-state index < -0.39 is 0 Å². The van der Waals surface area contributed by atoms with Crippen molar-refractivity contribution in [2.45, 2.75) is 65.5 Å². The van der Waals surface area contributed by atoms with Crippen LogP contribution in [0.1, 0.15) is 64.6 Å². The highest BCUT2D eigenvalue weighted by atomic mass is 15.3. The van der Waals surface area contributed by atoms with Gasteiger partial charge in [-0.2, -0.15) is 5.10 Å². The van der Waals surface area contributed by atoms with E-state index in [0.29, 0.717) is 6.04 Å². The zero-order chi connectivity index (χ0) is 13.7. The molecule has 0 amide bonds. The summed E-state index contributed by atoms with van der Waals surface area (Å²) in [4.78, 5) is 0. The average Bonchev–Trinajstić information content (AvgIpc) is 2.88. The van der Waals surface area contributed by atoms with Crippen LogP contribution in [0.4, 0.5) is 0 Å². The quantitative estimate of drug-likeness (QED) is 0.846. The van der Waals surface area contributed by atoms with E-state index in [0.717, 1.165) is 24.9 Å². The molecule has 0 aliphatic heterocycles.